The van der Waals surface area contributed by atoms with Gasteiger partial charge in [0.2, 0.25) is 5.67 Å². The minimum absolute atomic E-state index is 0.00917. The Hall–Kier alpha value is -1.60. The number of piperidine rings is 1. The number of methoxy groups -OCH3 is 1. The Bertz CT molecular complexity index is 840. The topological polar surface area (TPSA) is 49.8 Å². The van der Waals surface area contributed by atoms with Gasteiger partial charge in [-0.2, -0.15) is 0 Å². The molecule has 0 amide bonds. The van der Waals surface area contributed by atoms with Crippen molar-refractivity contribution in [2.75, 3.05) is 26.8 Å². The van der Waals surface area contributed by atoms with E-state index in [1.165, 1.54) is 17.5 Å². The molecule has 7 heteroatoms. The molecule has 3 rings (SSSR count). The fourth-order valence-corrected chi connectivity index (χ4v) is 4.43. The second kappa shape index (κ2) is 9.27. The Morgan fingerprint density at radius 1 is 1.29 bits per heavy atom. The largest absolute Gasteiger partial charge is 0.479 e. The fourth-order valence-electron chi connectivity index (χ4n) is 3.21. The molecule has 1 heterocycles. The van der Waals surface area contributed by atoms with Crippen LogP contribution in [-0.2, 0) is 16.0 Å². The molecule has 0 aliphatic carbocycles. The molecule has 0 aromatic heterocycles. The highest BCUT2D eigenvalue weighted by Crippen LogP contribution is 2.38. The number of aliphatic carboxylic acids is 1. The van der Waals surface area contributed by atoms with Crippen molar-refractivity contribution in [3.05, 3.63) is 53.1 Å². The molecule has 1 aliphatic heterocycles. The molecule has 1 aliphatic rings. The first-order valence-electron chi connectivity index (χ1n) is 9.14. The standard InChI is InChI=1S/C21H23ClFNO3S/c1-27-12-7-15-3-2-4-16(13-15)18-14-17(22)5-6-19(18)28-24-10-8-21(23,9-11-24)20(25)26/h2-6,13-14H,7-12H2,1H3,(H,25,26). The van der Waals surface area contributed by atoms with Crippen LogP contribution >= 0.6 is 23.5 Å². The lowest BCUT2D eigenvalue weighted by molar-refractivity contribution is -0.153. The third kappa shape index (κ3) is 5.06. The van der Waals surface area contributed by atoms with Crippen molar-refractivity contribution in [2.45, 2.75) is 29.8 Å². The van der Waals surface area contributed by atoms with Crippen LogP contribution in [0.2, 0.25) is 5.02 Å². The maximum Gasteiger partial charge on any atom is 0.341 e. The molecule has 0 spiro atoms. The van der Waals surface area contributed by atoms with Crippen LogP contribution in [0.5, 0.6) is 0 Å². The van der Waals surface area contributed by atoms with Crippen LogP contribution < -0.4 is 0 Å². The average Bonchev–Trinajstić information content (AvgIpc) is 2.69. The van der Waals surface area contributed by atoms with Crippen molar-refractivity contribution in [2.24, 2.45) is 0 Å². The maximum absolute atomic E-state index is 14.3. The highest BCUT2D eigenvalue weighted by atomic mass is 35.5. The van der Waals surface area contributed by atoms with Crippen LogP contribution in [0.1, 0.15) is 18.4 Å². The molecule has 1 N–H and O–H groups in total. The van der Waals surface area contributed by atoms with E-state index in [4.69, 9.17) is 21.4 Å². The van der Waals surface area contributed by atoms with Gasteiger partial charge >= 0.3 is 5.97 Å². The molecule has 2 aromatic rings. The summed E-state index contributed by atoms with van der Waals surface area (Å²) in [6.07, 6.45) is 0.808. The van der Waals surface area contributed by atoms with E-state index in [1.54, 1.807) is 7.11 Å². The number of alkyl halides is 1. The van der Waals surface area contributed by atoms with Crippen LogP contribution in [-0.4, -0.2) is 47.9 Å². The van der Waals surface area contributed by atoms with Crippen molar-refractivity contribution in [1.29, 1.82) is 0 Å². The van der Waals surface area contributed by atoms with E-state index in [-0.39, 0.29) is 12.8 Å². The minimum atomic E-state index is -2.12. The van der Waals surface area contributed by atoms with Crippen molar-refractivity contribution < 1.29 is 19.0 Å². The van der Waals surface area contributed by atoms with Gasteiger partial charge in [0, 0.05) is 43.0 Å². The first kappa shape index (κ1) is 21.1. The summed E-state index contributed by atoms with van der Waals surface area (Å²) in [4.78, 5) is 12.1. The molecule has 1 saturated heterocycles. The van der Waals surface area contributed by atoms with Gasteiger partial charge in [-0.05, 0) is 53.3 Å². The van der Waals surface area contributed by atoms with E-state index < -0.39 is 11.6 Å². The highest BCUT2D eigenvalue weighted by Gasteiger charge is 2.42. The zero-order chi connectivity index (χ0) is 20.1. The number of carbonyl (C=O) groups is 1. The van der Waals surface area contributed by atoms with E-state index in [2.05, 4.69) is 12.1 Å². The molecule has 150 valence electrons. The summed E-state index contributed by atoms with van der Waals surface area (Å²) in [5.41, 5.74) is 1.13. The Morgan fingerprint density at radius 3 is 2.71 bits per heavy atom. The molecule has 0 saturated carbocycles. The zero-order valence-corrected chi connectivity index (χ0v) is 17.2. The molecule has 0 atom stereocenters. The molecule has 0 unspecified atom stereocenters. The molecular formula is C21H23ClFNO3S. The normalized spacial score (nSPS) is 16.8. The molecule has 0 bridgehead atoms. The Labute approximate surface area is 173 Å². The first-order chi connectivity index (χ1) is 13.4. The maximum atomic E-state index is 14.3. The number of rotatable bonds is 7. The highest BCUT2D eigenvalue weighted by molar-refractivity contribution is 7.97. The van der Waals surface area contributed by atoms with Crippen molar-refractivity contribution in [1.82, 2.24) is 4.31 Å². The van der Waals surface area contributed by atoms with Gasteiger partial charge in [-0.3, -0.25) is 0 Å². The summed E-state index contributed by atoms with van der Waals surface area (Å²) in [5.74, 6) is -1.36. The third-order valence-electron chi connectivity index (χ3n) is 4.90. The lowest BCUT2D eigenvalue weighted by Gasteiger charge is -2.33. The fraction of sp³-hybridized carbons (Fsp3) is 0.381. The molecule has 2 aromatic carbocycles. The average molecular weight is 424 g/mol. The lowest BCUT2D eigenvalue weighted by Crippen LogP contribution is -2.44. The van der Waals surface area contributed by atoms with Gasteiger partial charge in [0.25, 0.3) is 0 Å². The van der Waals surface area contributed by atoms with Gasteiger partial charge in [0.05, 0.1) is 6.61 Å². The number of nitrogens with zero attached hydrogens (tertiary/aromatic N) is 1. The monoisotopic (exact) mass is 423 g/mol. The van der Waals surface area contributed by atoms with Crippen LogP contribution in [0.3, 0.4) is 0 Å². The summed E-state index contributed by atoms with van der Waals surface area (Å²) in [7, 11) is 1.69. The van der Waals surface area contributed by atoms with Crippen molar-refractivity contribution in [3.8, 4) is 11.1 Å². The Kier molecular flexibility index (Phi) is 6.99. The predicted molar refractivity (Wildman–Crippen MR) is 111 cm³/mol. The van der Waals surface area contributed by atoms with E-state index in [0.717, 1.165) is 22.4 Å². The smallest absolute Gasteiger partial charge is 0.341 e. The quantitative estimate of drug-likeness (QED) is 0.628. The molecule has 28 heavy (non-hydrogen) atoms. The van der Waals surface area contributed by atoms with Crippen molar-refractivity contribution in [3.63, 3.8) is 0 Å². The van der Waals surface area contributed by atoms with Crippen LogP contribution in [0.4, 0.5) is 4.39 Å². The number of hydrogen-bond acceptors (Lipinski definition) is 4. The number of halogens is 2. The SMILES string of the molecule is COCCc1cccc(-c2cc(Cl)ccc2SN2CCC(F)(C(=O)O)CC2)c1. The zero-order valence-electron chi connectivity index (χ0n) is 15.7. The van der Waals surface area contributed by atoms with E-state index >= 15 is 0 Å². The summed E-state index contributed by atoms with van der Waals surface area (Å²) in [5, 5.41) is 9.71. The van der Waals surface area contributed by atoms with Crippen LogP contribution in [0.25, 0.3) is 11.1 Å². The summed E-state index contributed by atoms with van der Waals surface area (Å²) < 4.78 is 21.5. The number of carboxylic acid groups (broad SMARTS) is 1. The van der Waals surface area contributed by atoms with Crippen LogP contribution in [0, 0.1) is 0 Å². The Morgan fingerprint density at radius 2 is 2.04 bits per heavy atom. The summed E-state index contributed by atoms with van der Waals surface area (Å²) in [6, 6.07) is 14.0. The molecule has 4 nitrogen and oxygen atoms in total. The molecular weight excluding hydrogens is 401 g/mol. The summed E-state index contributed by atoms with van der Waals surface area (Å²) >= 11 is 7.77. The lowest BCUT2D eigenvalue weighted by atomic mass is 9.95. The molecule has 0 radical (unpaired) electrons. The van der Waals surface area contributed by atoms with Gasteiger partial charge in [-0.25, -0.2) is 13.5 Å². The van der Waals surface area contributed by atoms with Crippen LogP contribution in [0.15, 0.2) is 47.4 Å². The van der Waals surface area contributed by atoms with E-state index in [1.807, 2.05) is 34.6 Å². The van der Waals surface area contributed by atoms with E-state index in [0.29, 0.717) is 24.7 Å². The Balaban J connectivity index is 1.80. The third-order valence-corrected chi connectivity index (χ3v) is 6.31. The second-order valence-electron chi connectivity index (χ2n) is 6.87. The summed E-state index contributed by atoms with van der Waals surface area (Å²) in [6.45, 7) is 1.41. The molecule has 1 fully saturated rings. The van der Waals surface area contributed by atoms with Gasteiger partial charge in [0.15, 0.2) is 0 Å². The van der Waals surface area contributed by atoms with Gasteiger partial charge < -0.3 is 9.84 Å². The van der Waals surface area contributed by atoms with Gasteiger partial charge in [-0.1, -0.05) is 35.9 Å². The van der Waals surface area contributed by atoms with E-state index in [9.17, 15) is 9.18 Å². The van der Waals surface area contributed by atoms with Crippen molar-refractivity contribution >= 4 is 29.5 Å². The predicted octanol–water partition coefficient (Wildman–Crippen LogP) is 5.09. The number of hydrogen-bond donors (Lipinski definition) is 1. The number of ether oxygens (including phenoxy) is 1. The second-order valence-corrected chi connectivity index (χ2v) is 8.45. The van der Waals surface area contributed by atoms with Gasteiger partial charge in [0.1, 0.15) is 0 Å². The number of carboxylic acids is 1. The number of benzene rings is 2. The minimum Gasteiger partial charge on any atom is -0.479 e. The first-order valence-corrected chi connectivity index (χ1v) is 10.3. The van der Waals surface area contributed by atoms with Gasteiger partial charge in [-0.15, -0.1) is 0 Å².